The Balaban J connectivity index is 2.14. The number of amides is 1. The standard InChI is InChI=1S/C18H17ClN4O5S/c1-20-18(24)28-11-12-9-17(23(22-12)15-6-4-3-5-14(15)19)29(25,26)13-7-8-21-16(10-13)27-2/h3-10H,11H2,1-2H3,(H,20,24). The number of nitrogens with zero attached hydrogens (tertiary/aromatic N) is 3. The maximum Gasteiger partial charge on any atom is 0.407 e. The van der Waals surface area contributed by atoms with Gasteiger partial charge in [0.15, 0.2) is 5.03 Å². The number of carbonyl (C=O) groups is 1. The van der Waals surface area contributed by atoms with Crippen molar-refractivity contribution in [3.63, 3.8) is 0 Å². The van der Waals surface area contributed by atoms with Crippen molar-refractivity contribution >= 4 is 27.5 Å². The fourth-order valence-electron chi connectivity index (χ4n) is 2.47. The van der Waals surface area contributed by atoms with Gasteiger partial charge in [0, 0.05) is 25.4 Å². The number of sulfone groups is 1. The summed E-state index contributed by atoms with van der Waals surface area (Å²) in [7, 11) is -1.22. The lowest BCUT2D eigenvalue weighted by Gasteiger charge is -2.10. The first-order chi connectivity index (χ1) is 13.9. The monoisotopic (exact) mass is 436 g/mol. The van der Waals surface area contributed by atoms with Gasteiger partial charge in [-0.15, -0.1) is 0 Å². The van der Waals surface area contributed by atoms with E-state index in [0.29, 0.717) is 10.7 Å². The third-order valence-electron chi connectivity index (χ3n) is 3.86. The van der Waals surface area contributed by atoms with E-state index in [2.05, 4.69) is 15.4 Å². The number of rotatable bonds is 6. The Morgan fingerprint density at radius 1 is 1.24 bits per heavy atom. The minimum atomic E-state index is -4.02. The number of nitrogens with one attached hydrogen (secondary N) is 1. The minimum Gasteiger partial charge on any atom is -0.481 e. The summed E-state index contributed by atoms with van der Waals surface area (Å²) in [6.45, 7) is -0.223. The van der Waals surface area contributed by atoms with Crippen LogP contribution in [0.25, 0.3) is 5.69 Å². The zero-order chi connectivity index (χ0) is 21.0. The average molecular weight is 437 g/mol. The number of methoxy groups -OCH3 is 1. The van der Waals surface area contributed by atoms with E-state index >= 15 is 0 Å². The van der Waals surface area contributed by atoms with E-state index in [1.807, 2.05) is 0 Å². The molecule has 0 unspecified atom stereocenters. The first-order valence-corrected chi connectivity index (χ1v) is 10.2. The molecule has 3 rings (SSSR count). The number of para-hydroxylation sites is 1. The van der Waals surface area contributed by atoms with Crippen molar-refractivity contribution in [1.29, 1.82) is 0 Å². The summed E-state index contributed by atoms with van der Waals surface area (Å²) in [6.07, 6.45) is 0.665. The van der Waals surface area contributed by atoms with E-state index in [1.165, 1.54) is 43.2 Å². The molecule has 1 N–H and O–H groups in total. The number of carbonyl (C=O) groups excluding carboxylic acids is 1. The quantitative estimate of drug-likeness (QED) is 0.631. The lowest BCUT2D eigenvalue weighted by Crippen LogP contribution is -2.19. The zero-order valence-corrected chi connectivity index (χ0v) is 17.1. The molecule has 29 heavy (non-hydrogen) atoms. The van der Waals surface area contributed by atoms with Crippen LogP contribution in [-0.4, -0.2) is 43.4 Å². The SMILES string of the molecule is CNC(=O)OCc1cc(S(=O)(=O)c2ccnc(OC)c2)n(-c2ccccc2Cl)n1. The molecule has 0 aliphatic carbocycles. The smallest absolute Gasteiger partial charge is 0.407 e. The third-order valence-corrected chi connectivity index (χ3v) is 5.90. The molecule has 9 nitrogen and oxygen atoms in total. The lowest BCUT2D eigenvalue weighted by molar-refractivity contribution is 0.140. The van der Waals surface area contributed by atoms with Gasteiger partial charge < -0.3 is 14.8 Å². The molecule has 0 fully saturated rings. The van der Waals surface area contributed by atoms with Crippen LogP contribution < -0.4 is 10.1 Å². The molecule has 2 heterocycles. The average Bonchev–Trinajstić information content (AvgIpc) is 3.17. The molecule has 0 aliphatic heterocycles. The van der Waals surface area contributed by atoms with E-state index in [9.17, 15) is 13.2 Å². The molecule has 0 saturated carbocycles. The van der Waals surface area contributed by atoms with E-state index in [0.717, 1.165) is 0 Å². The summed E-state index contributed by atoms with van der Waals surface area (Å²) in [4.78, 5) is 15.3. The number of alkyl carbamates (subject to hydrolysis) is 1. The number of ether oxygens (including phenoxy) is 2. The van der Waals surface area contributed by atoms with Gasteiger partial charge in [-0.05, 0) is 18.2 Å². The van der Waals surface area contributed by atoms with Crippen molar-refractivity contribution in [2.75, 3.05) is 14.2 Å². The van der Waals surface area contributed by atoms with E-state index in [-0.39, 0.29) is 28.1 Å². The second kappa shape index (κ2) is 8.50. The van der Waals surface area contributed by atoms with Crippen LogP contribution >= 0.6 is 11.6 Å². The molecule has 1 aromatic carbocycles. The Bertz CT molecular complexity index is 1150. The highest BCUT2D eigenvalue weighted by molar-refractivity contribution is 7.91. The maximum absolute atomic E-state index is 13.3. The summed E-state index contributed by atoms with van der Waals surface area (Å²) < 4.78 is 37.8. The number of hydrogen-bond acceptors (Lipinski definition) is 7. The van der Waals surface area contributed by atoms with Crippen LogP contribution in [0.4, 0.5) is 4.79 Å². The number of benzene rings is 1. The van der Waals surface area contributed by atoms with Crippen LogP contribution in [0.1, 0.15) is 5.69 Å². The van der Waals surface area contributed by atoms with E-state index in [4.69, 9.17) is 21.1 Å². The molecule has 0 bridgehead atoms. The van der Waals surface area contributed by atoms with Gasteiger partial charge in [-0.3, -0.25) is 0 Å². The normalized spacial score (nSPS) is 11.1. The highest BCUT2D eigenvalue weighted by Gasteiger charge is 2.26. The molecule has 0 radical (unpaired) electrons. The number of hydrogen-bond donors (Lipinski definition) is 1. The molecule has 2 aromatic heterocycles. The van der Waals surface area contributed by atoms with Crippen LogP contribution in [0.2, 0.25) is 5.02 Å². The summed E-state index contributed by atoms with van der Waals surface area (Å²) in [5.74, 6) is 0.151. The van der Waals surface area contributed by atoms with Gasteiger partial charge in [-0.25, -0.2) is 22.9 Å². The van der Waals surface area contributed by atoms with Crippen molar-refractivity contribution in [3.8, 4) is 11.6 Å². The molecule has 0 aliphatic rings. The van der Waals surface area contributed by atoms with E-state index in [1.54, 1.807) is 24.3 Å². The van der Waals surface area contributed by atoms with E-state index < -0.39 is 15.9 Å². The Morgan fingerprint density at radius 3 is 2.69 bits per heavy atom. The predicted octanol–water partition coefficient (Wildman–Crippen LogP) is 2.62. The Labute approximate surface area is 172 Å². The Kier molecular flexibility index (Phi) is 6.04. The molecular formula is C18H17ClN4O5S. The van der Waals surface area contributed by atoms with Gasteiger partial charge in [0.1, 0.15) is 12.3 Å². The van der Waals surface area contributed by atoms with Crippen LogP contribution in [0.3, 0.4) is 0 Å². The van der Waals surface area contributed by atoms with Crippen LogP contribution in [-0.2, 0) is 21.2 Å². The van der Waals surface area contributed by atoms with Gasteiger partial charge in [0.05, 0.1) is 22.7 Å². The molecular weight excluding hydrogens is 420 g/mol. The summed E-state index contributed by atoms with van der Waals surface area (Å²) in [5, 5.41) is 6.75. The largest absolute Gasteiger partial charge is 0.481 e. The topological polar surface area (TPSA) is 112 Å². The molecule has 1 amide bonds. The molecule has 11 heteroatoms. The van der Waals surface area contributed by atoms with Gasteiger partial charge in [-0.1, -0.05) is 23.7 Å². The summed E-state index contributed by atoms with van der Waals surface area (Å²) in [6, 6.07) is 10.6. The highest BCUT2D eigenvalue weighted by atomic mass is 35.5. The van der Waals surface area contributed by atoms with Crippen LogP contribution in [0, 0.1) is 0 Å². The van der Waals surface area contributed by atoms with Crippen molar-refractivity contribution in [2.24, 2.45) is 0 Å². The van der Waals surface area contributed by atoms with Crippen molar-refractivity contribution in [3.05, 3.63) is 59.4 Å². The number of aromatic nitrogens is 3. The van der Waals surface area contributed by atoms with Crippen molar-refractivity contribution in [1.82, 2.24) is 20.1 Å². The van der Waals surface area contributed by atoms with Gasteiger partial charge in [-0.2, -0.15) is 5.10 Å². The summed E-state index contributed by atoms with van der Waals surface area (Å²) in [5.41, 5.74) is 0.591. The first-order valence-electron chi connectivity index (χ1n) is 8.30. The lowest BCUT2D eigenvalue weighted by atomic mass is 10.3. The summed E-state index contributed by atoms with van der Waals surface area (Å²) >= 11 is 6.25. The molecule has 152 valence electrons. The minimum absolute atomic E-state index is 0.0312. The molecule has 0 saturated heterocycles. The van der Waals surface area contributed by atoms with Gasteiger partial charge in [0.25, 0.3) is 0 Å². The Hall–Kier alpha value is -3.11. The second-order valence-electron chi connectivity index (χ2n) is 5.70. The Morgan fingerprint density at radius 2 is 2.00 bits per heavy atom. The fourth-order valence-corrected chi connectivity index (χ4v) is 4.08. The predicted molar refractivity (Wildman–Crippen MR) is 104 cm³/mol. The van der Waals surface area contributed by atoms with Gasteiger partial charge in [0.2, 0.25) is 15.7 Å². The third kappa shape index (κ3) is 4.33. The highest BCUT2D eigenvalue weighted by Crippen LogP contribution is 2.29. The number of pyridine rings is 1. The van der Waals surface area contributed by atoms with Crippen LogP contribution in [0.5, 0.6) is 5.88 Å². The van der Waals surface area contributed by atoms with Crippen molar-refractivity contribution < 1.29 is 22.7 Å². The molecule has 0 spiro atoms. The van der Waals surface area contributed by atoms with Gasteiger partial charge >= 0.3 is 6.09 Å². The first kappa shape index (κ1) is 20.6. The second-order valence-corrected chi connectivity index (χ2v) is 8.00. The zero-order valence-electron chi connectivity index (χ0n) is 15.5. The fraction of sp³-hybridized carbons (Fsp3) is 0.167. The molecule has 0 atom stereocenters. The molecule has 3 aromatic rings. The van der Waals surface area contributed by atoms with Crippen LogP contribution in [0.15, 0.2) is 58.6 Å². The number of halogens is 1. The van der Waals surface area contributed by atoms with Crippen molar-refractivity contribution in [2.45, 2.75) is 16.5 Å². The maximum atomic E-state index is 13.3.